The van der Waals surface area contributed by atoms with Crippen molar-refractivity contribution in [1.29, 1.82) is 0 Å². The Bertz CT molecular complexity index is 479. The van der Waals surface area contributed by atoms with E-state index < -0.39 is 40.2 Å². The van der Waals surface area contributed by atoms with Crippen molar-refractivity contribution >= 4 is 0 Å². The van der Waals surface area contributed by atoms with Crippen LogP contribution in [0, 0.1) is 0 Å². The van der Waals surface area contributed by atoms with Gasteiger partial charge in [0.05, 0.1) is 0 Å². The Balaban J connectivity index is -0.0000000359. The average Bonchev–Trinajstić information content (AvgIpc) is 1.42. The number of rotatable bonds is 2. The van der Waals surface area contributed by atoms with Crippen molar-refractivity contribution < 1.29 is 188 Å². The van der Waals surface area contributed by atoms with Crippen LogP contribution >= 0.6 is 0 Å². The van der Waals surface area contributed by atoms with E-state index in [-0.39, 0.29) is 106 Å². The first-order chi connectivity index (χ1) is 5.71. The second kappa shape index (κ2) is 11.0. The van der Waals surface area contributed by atoms with Crippen LogP contribution in [0.4, 0.5) is 0 Å². The Kier molecular flexibility index (Phi) is 19.0. The summed E-state index contributed by atoms with van der Waals surface area (Å²) in [5.74, 6) is 0. The Hall–Kier alpha value is 3.30. The van der Waals surface area contributed by atoms with Crippen molar-refractivity contribution in [3.63, 3.8) is 0 Å². The molecular weight excluding hydrogens is 413 g/mol. The van der Waals surface area contributed by atoms with Gasteiger partial charge >= 0.3 is 185 Å². The predicted molar refractivity (Wildman–Crippen MR) is 14.8 cm³/mol. The monoisotopic (exact) mass is 418 g/mol. The molecule has 0 aromatic rings. The standard InChI is InChI=1S/2Cr.2K.Mn.3H2O.8O.2H/h;;;;;3*1H2;;;;;;;;;;/q5*+1;;;;;;;;;;;;2*-1/p-3. The van der Waals surface area contributed by atoms with Gasteiger partial charge in [-0.25, -0.2) is 0 Å². The summed E-state index contributed by atoms with van der Waals surface area (Å²) < 4.78 is 89.3. The van der Waals surface area contributed by atoms with Crippen LogP contribution in [-0.4, -0.2) is 12.5 Å². The van der Waals surface area contributed by atoms with Gasteiger partial charge in [0, 0.05) is 0 Å². The molecular formula is H5Cr2K2MnO11. The minimum atomic E-state index is -5.76. The van der Waals surface area contributed by atoms with E-state index in [1.54, 1.807) is 0 Å². The zero-order chi connectivity index (χ0) is 12.2. The third-order valence-electron chi connectivity index (χ3n) is 0.172. The van der Waals surface area contributed by atoms with Crippen molar-refractivity contribution in [1.82, 2.24) is 0 Å². The van der Waals surface area contributed by atoms with Gasteiger partial charge < -0.3 is 2.85 Å². The molecule has 0 rings (SSSR count). The summed E-state index contributed by atoms with van der Waals surface area (Å²) in [7, 11) is 0. The van der Waals surface area contributed by atoms with E-state index in [1.165, 1.54) is 0 Å². The van der Waals surface area contributed by atoms with E-state index in [1.807, 2.05) is 0 Å². The van der Waals surface area contributed by atoms with Crippen molar-refractivity contribution in [3.05, 3.63) is 0 Å². The maximum absolute atomic E-state index is 9.53. The summed E-state index contributed by atoms with van der Waals surface area (Å²) in [5, 5.41) is 0. The molecule has 0 spiro atoms. The van der Waals surface area contributed by atoms with Gasteiger partial charge in [-0.15, -0.1) is 0 Å². The van der Waals surface area contributed by atoms with Gasteiger partial charge in [-0.05, 0) is 0 Å². The average molecular weight is 418 g/mol. The molecule has 0 aliphatic heterocycles. The molecule has 0 saturated carbocycles. The maximum atomic E-state index is 9.53. The van der Waals surface area contributed by atoms with Gasteiger partial charge in [-0.2, -0.15) is 0 Å². The summed E-state index contributed by atoms with van der Waals surface area (Å²) in [4.78, 5) is 0. The van der Waals surface area contributed by atoms with Crippen LogP contribution in [0.1, 0.15) is 2.85 Å². The van der Waals surface area contributed by atoms with E-state index in [9.17, 15) is 15.2 Å². The molecule has 16 heteroatoms. The van der Waals surface area contributed by atoms with Crippen molar-refractivity contribution in [3.8, 4) is 0 Å². The Morgan fingerprint density at radius 1 is 0.875 bits per heavy atom. The SMILES string of the molecule is [H-].[H-].[K+].[K+].[O]=[Cr](=[O])([OH])[O][Cr](=[O])(=[O])[OH].[O]=[Mn](=[O])(=[O])[OH]. The Labute approximate surface area is 183 Å². The van der Waals surface area contributed by atoms with Crippen LogP contribution in [0.25, 0.3) is 0 Å². The molecule has 0 heterocycles. The Morgan fingerprint density at radius 3 is 1.00 bits per heavy atom. The molecule has 0 aliphatic carbocycles. The summed E-state index contributed by atoms with van der Waals surface area (Å²) in [6, 6.07) is 0. The van der Waals surface area contributed by atoms with Crippen LogP contribution in [0.3, 0.4) is 0 Å². The molecule has 0 atom stereocenters. The molecule has 0 saturated heterocycles. The second-order valence-corrected chi connectivity index (χ2v) is 6.32. The van der Waals surface area contributed by atoms with Crippen LogP contribution in [0.15, 0.2) is 0 Å². The molecule has 0 amide bonds. The van der Waals surface area contributed by atoms with Gasteiger partial charge in [-0.3, -0.25) is 0 Å². The molecule has 0 aromatic carbocycles. The van der Waals surface area contributed by atoms with Gasteiger partial charge in [-0.1, -0.05) is 0 Å². The molecule has 11 nitrogen and oxygen atoms in total. The fraction of sp³-hybridized carbons (Fsp3) is 0. The van der Waals surface area contributed by atoms with Crippen molar-refractivity contribution in [2.24, 2.45) is 0 Å². The molecule has 0 aliphatic rings. The molecule has 0 unspecified atom stereocenters. The summed E-state index contributed by atoms with van der Waals surface area (Å²) >= 11 is -16.9. The van der Waals surface area contributed by atoms with Crippen LogP contribution in [0.5, 0.6) is 0 Å². The predicted octanol–water partition coefficient (Wildman–Crippen LogP) is -8.35. The molecule has 92 valence electrons. The molecule has 0 fully saturated rings. The minimum absolute atomic E-state index is 0. The molecule has 0 bridgehead atoms. The zero-order valence-electron chi connectivity index (χ0n) is 9.80. The molecule has 3 N–H and O–H groups in total. The quantitative estimate of drug-likeness (QED) is 0.361. The number of hydrogen-bond donors (Lipinski definition) is 3. The molecule has 16 heavy (non-hydrogen) atoms. The van der Waals surface area contributed by atoms with Gasteiger partial charge in [0.15, 0.2) is 0 Å². The third-order valence-corrected chi connectivity index (χ3v) is 2.92. The Morgan fingerprint density at radius 2 is 1.00 bits per heavy atom. The summed E-state index contributed by atoms with van der Waals surface area (Å²) in [6.07, 6.45) is 0. The molecule has 0 aromatic heterocycles. The fourth-order valence-electron chi connectivity index (χ4n) is 0.109. The normalized spacial score (nSPS) is 11.2. The van der Waals surface area contributed by atoms with Crippen LogP contribution < -0.4 is 103 Å². The topological polar surface area (TPSA) is 189 Å². The van der Waals surface area contributed by atoms with Gasteiger partial charge in [0.1, 0.15) is 0 Å². The van der Waals surface area contributed by atoms with Gasteiger partial charge in [0.2, 0.25) is 0 Å². The molecule has 0 radical (unpaired) electrons. The van der Waals surface area contributed by atoms with E-state index in [2.05, 4.69) is 2.84 Å². The van der Waals surface area contributed by atoms with Crippen molar-refractivity contribution in [2.45, 2.75) is 0 Å². The van der Waals surface area contributed by atoms with E-state index in [4.69, 9.17) is 24.0 Å². The number of hydrogen-bond acceptors (Lipinski definition) is 8. The van der Waals surface area contributed by atoms with E-state index in [0.717, 1.165) is 0 Å². The van der Waals surface area contributed by atoms with Crippen LogP contribution in [-0.2, 0) is 69.8 Å². The van der Waals surface area contributed by atoms with Gasteiger partial charge in [0.25, 0.3) is 0 Å². The fourth-order valence-corrected chi connectivity index (χ4v) is 1.85. The first-order valence-electron chi connectivity index (χ1n) is 2.00. The zero-order valence-corrected chi connectivity index (χ0v) is 17.8. The van der Waals surface area contributed by atoms with Crippen LogP contribution in [0.2, 0.25) is 0 Å². The second-order valence-electron chi connectivity index (χ2n) is 1.32. The van der Waals surface area contributed by atoms with E-state index >= 15 is 0 Å². The summed E-state index contributed by atoms with van der Waals surface area (Å²) in [5.41, 5.74) is 0. The summed E-state index contributed by atoms with van der Waals surface area (Å²) in [6.45, 7) is 0. The first kappa shape index (κ1) is 27.6. The van der Waals surface area contributed by atoms with Crippen molar-refractivity contribution in [2.75, 3.05) is 0 Å². The third kappa shape index (κ3) is 53.1. The van der Waals surface area contributed by atoms with E-state index in [0.29, 0.717) is 0 Å². The first-order valence-corrected chi connectivity index (χ1v) is 8.23.